The molecule has 21 heteroatoms. The Morgan fingerprint density at radius 2 is 1.96 bits per heavy atom. The number of carbonyl (C=O) groups excluding carboxylic acids is 2. The Bertz CT molecular complexity index is 1710. The normalized spacial score (nSPS) is 18.5. The van der Waals surface area contributed by atoms with Gasteiger partial charge in [0.25, 0.3) is 11.8 Å². The number of carboxylic acids is 1. The lowest BCUT2D eigenvalue weighted by Crippen LogP contribution is -2.73. The summed E-state index contributed by atoms with van der Waals surface area (Å²) in [4.78, 5) is 52.2. The Balaban J connectivity index is 0.000000266. The van der Waals surface area contributed by atoms with Crippen molar-refractivity contribution in [2.45, 2.75) is 43.9 Å². The number of nitrogens with one attached hydrogen (secondary N) is 1. The van der Waals surface area contributed by atoms with Crippen LogP contribution < -0.4 is 21.5 Å². The van der Waals surface area contributed by atoms with Crippen molar-refractivity contribution in [3.63, 3.8) is 0 Å². The van der Waals surface area contributed by atoms with Crippen molar-refractivity contribution in [1.82, 2.24) is 29.4 Å². The Morgan fingerprint density at radius 1 is 1.24 bits per heavy atom. The number of ether oxygens (including phenoxy) is 1. The molecule has 5 rings (SSSR count). The Labute approximate surface area is 265 Å². The summed E-state index contributed by atoms with van der Waals surface area (Å²) in [5, 5.41) is 19.6. The fraction of sp³-hybridized carbons (Fsp3) is 0.360. The fourth-order valence-electron chi connectivity index (χ4n) is 4.17. The first kappa shape index (κ1) is 33.7. The summed E-state index contributed by atoms with van der Waals surface area (Å²) >= 11 is 0.964. The van der Waals surface area contributed by atoms with Crippen molar-refractivity contribution in [2.75, 3.05) is 19.5 Å². The number of carboxylic acid groups (broad SMARTS) is 1. The van der Waals surface area contributed by atoms with Crippen LogP contribution in [0.4, 0.5) is 5.13 Å². The third-order valence-electron chi connectivity index (χ3n) is 6.65. The molecule has 2 unspecified atom stereocenters. The molecule has 3 aromatic rings. The lowest BCUT2D eigenvalue weighted by molar-refractivity contribution is -0.145. The van der Waals surface area contributed by atoms with Gasteiger partial charge >= 0.3 is 16.3 Å². The number of amidine groups is 1. The van der Waals surface area contributed by atoms with Crippen LogP contribution in [0.15, 0.2) is 52.4 Å². The SMILES string of the molecule is COc1ccc(C(N)=NC2CCC2)cc1.Nc1nc(/C(=N/OCC(=O)O)C(=O)NC2C(=O)N(S(=O)(=O)O)C2Cn2cncn2)cs1. The number of nitrogens with zero attached hydrogens (tertiary/aromatic N) is 7. The average Bonchev–Trinajstić information content (AvgIpc) is 3.67. The highest BCUT2D eigenvalue weighted by Gasteiger charge is 2.54. The molecule has 3 heterocycles. The van der Waals surface area contributed by atoms with Crippen LogP contribution in [0, 0.1) is 0 Å². The second kappa shape index (κ2) is 14.8. The number of hydrogen-bond donors (Lipinski definition) is 5. The van der Waals surface area contributed by atoms with E-state index < -0.39 is 52.5 Å². The molecule has 2 aliphatic rings. The molecule has 1 aliphatic carbocycles. The number of nitrogens with two attached hydrogens (primary N) is 2. The average molecular weight is 679 g/mol. The summed E-state index contributed by atoms with van der Waals surface area (Å²) in [6.07, 6.45) is 6.05. The molecule has 2 fully saturated rings. The number of thiazole rings is 1. The number of aromatic nitrogens is 4. The molecule has 1 aromatic carbocycles. The number of anilines is 1. The number of amides is 2. The van der Waals surface area contributed by atoms with Gasteiger partial charge in [0, 0.05) is 10.9 Å². The lowest BCUT2D eigenvalue weighted by atomic mass is 9.94. The summed E-state index contributed by atoms with van der Waals surface area (Å²) in [6, 6.07) is 5.52. The molecule has 19 nitrogen and oxygen atoms in total. The summed E-state index contributed by atoms with van der Waals surface area (Å²) in [5.74, 6) is -2.00. The van der Waals surface area contributed by atoms with Gasteiger partial charge in [-0.2, -0.15) is 13.5 Å². The summed E-state index contributed by atoms with van der Waals surface area (Å²) in [5.41, 5.74) is 11.9. The predicted molar refractivity (Wildman–Crippen MR) is 162 cm³/mol. The number of rotatable bonds is 12. The van der Waals surface area contributed by atoms with Crippen LogP contribution in [-0.2, 0) is 36.1 Å². The number of hydrogen-bond acceptors (Lipinski definition) is 14. The second-order valence-corrected chi connectivity index (χ2v) is 11.9. The van der Waals surface area contributed by atoms with E-state index in [-0.39, 0.29) is 21.7 Å². The van der Waals surface area contributed by atoms with Crippen LogP contribution in [0.5, 0.6) is 5.75 Å². The third-order valence-corrected chi connectivity index (χ3v) is 8.27. The number of nitrogen functional groups attached to an aromatic ring is 1. The monoisotopic (exact) mass is 678 g/mol. The molecule has 0 bridgehead atoms. The topological polar surface area (TPSA) is 280 Å². The third kappa shape index (κ3) is 8.51. The number of methoxy groups -OCH3 is 1. The van der Waals surface area contributed by atoms with Crippen LogP contribution in [0.2, 0.25) is 0 Å². The van der Waals surface area contributed by atoms with Gasteiger partial charge in [-0.25, -0.2) is 19.1 Å². The molecular weight excluding hydrogens is 648 g/mol. The second-order valence-electron chi connectivity index (χ2n) is 9.75. The molecule has 0 spiro atoms. The lowest BCUT2D eigenvalue weighted by Gasteiger charge is -2.43. The number of carbonyl (C=O) groups is 3. The van der Waals surface area contributed by atoms with E-state index in [2.05, 4.69) is 35.4 Å². The summed E-state index contributed by atoms with van der Waals surface area (Å²) in [6.45, 7) is -1.08. The van der Waals surface area contributed by atoms with E-state index in [0.29, 0.717) is 11.9 Å². The largest absolute Gasteiger partial charge is 0.497 e. The number of aliphatic imine (C=N–C) groups is 1. The first-order chi connectivity index (χ1) is 21.9. The van der Waals surface area contributed by atoms with Gasteiger partial charge in [0.2, 0.25) is 6.61 Å². The van der Waals surface area contributed by atoms with Crippen molar-refractivity contribution < 1.29 is 42.0 Å². The van der Waals surface area contributed by atoms with Gasteiger partial charge in [0.1, 0.15) is 36.0 Å². The highest BCUT2D eigenvalue weighted by atomic mass is 32.2. The highest BCUT2D eigenvalue weighted by Crippen LogP contribution is 2.25. The standard InChI is InChI=1S/C13H14N8O8S2.C12H16N2O/c14-13-17-6(3-30-13)9(19-29-2-8(22)23)11(24)18-10-7(1-20-5-15-4-16-20)21(12(10)25)31(26,27)28;1-15-11-7-5-9(6-8-11)12(13)14-10-3-2-4-10/h3-5,7,10H,1-2H2,(H2,14,17)(H,18,24)(H,22,23)(H,26,27,28);5-8,10H,2-4H2,1H3,(H2,13,14)/b19-9-;. The van der Waals surface area contributed by atoms with E-state index in [1.54, 1.807) is 7.11 Å². The fourth-order valence-corrected chi connectivity index (χ4v) is 5.59. The number of oxime groups is 1. The minimum absolute atomic E-state index is 0.0587. The number of aliphatic carboxylic acids is 1. The summed E-state index contributed by atoms with van der Waals surface area (Å²) in [7, 11) is -3.25. The molecule has 1 aliphatic heterocycles. The molecule has 0 radical (unpaired) electrons. The van der Waals surface area contributed by atoms with Gasteiger partial charge in [-0.15, -0.1) is 11.3 Å². The summed E-state index contributed by atoms with van der Waals surface area (Å²) < 4.78 is 38.9. The van der Waals surface area contributed by atoms with E-state index in [1.807, 2.05) is 24.3 Å². The van der Waals surface area contributed by atoms with Crippen LogP contribution >= 0.6 is 11.3 Å². The van der Waals surface area contributed by atoms with Crippen molar-refractivity contribution in [3.05, 3.63) is 53.6 Å². The maximum absolute atomic E-state index is 12.7. The van der Waals surface area contributed by atoms with Gasteiger partial charge in [0.15, 0.2) is 10.8 Å². The van der Waals surface area contributed by atoms with Gasteiger partial charge in [-0.3, -0.25) is 23.8 Å². The smallest absolute Gasteiger partial charge is 0.362 e. The van der Waals surface area contributed by atoms with Gasteiger partial charge < -0.3 is 31.5 Å². The van der Waals surface area contributed by atoms with Gasteiger partial charge in [0.05, 0.1) is 25.7 Å². The van der Waals surface area contributed by atoms with Crippen LogP contribution in [0.1, 0.15) is 30.5 Å². The van der Waals surface area contributed by atoms with E-state index in [1.165, 1.54) is 42.0 Å². The highest BCUT2D eigenvalue weighted by molar-refractivity contribution is 7.84. The van der Waals surface area contributed by atoms with Crippen LogP contribution in [0.25, 0.3) is 0 Å². The zero-order valence-corrected chi connectivity index (χ0v) is 25.8. The first-order valence-corrected chi connectivity index (χ1v) is 15.7. The minimum atomic E-state index is -4.91. The molecule has 1 saturated carbocycles. The van der Waals surface area contributed by atoms with Crippen molar-refractivity contribution >= 4 is 56.1 Å². The van der Waals surface area contributed by atoms with Crippen LogP contribution in [0.3, 0.4) is 0 Å². The Hall–Kier alpha value is -5.15. The van der Waals surface area contributed by atoms with E-state index in [0.717, 1.165) is 22.6 Å². The first-order valence-electron chi connectivity index (χ1n) is 13.4. The Morgan fingerprint density at radius 3 is 2.48 bits per heavy atom. The molecule has 246 valence electrons. The van der Waals surface area contributed by atoms with Crippen molar-refractivity contribution in [1.29, 1.82) is 0 Å². The van der Waals surface area contributed by atoms with E-state index in [4.69, 9.17) is 21.3 Å². The minimum Gasteiger partial charge on any atom is -0.497 e. The molecule has 1 saturated heterocycles. The molecule has 7 N–H and O–H groups in total. The predicted octanol–water partition coefficient (Wildman–Crippen LogP) is -0.726. The van der Waals surface area contributed by atoms with Gasteiger partial charge in [-0.05, 0) is 43.5 Å². The van der Waals surface area contributed by atoms with E-state index in [9.17, 15) is 27.4 Å². The van der Waals surface area contributed by atoms with Crippen LogP contribution in [-0.4, -0.2) is 103 Å². The maximum Gasteiger partial charge on any atom is 0.362 e. The molecule has 2 atom stereocenters. The zero-order valence-electron chi connectivity index (χ0n) is 24.2. The molecule has 2 amide bonds. The van der Waals surface area contributed by atoms with E-state index >= 15 is 0 Å². The molecule has 2 aromatic heterocycles. The van der Waals surface area contributed by atoms with Crippen molar-refractivity contribution in [3.8, 4) is 5.75 Å². The Kier molecular flexibility index (Phi) is 10.8. The quantitative estimate of drug-likeness (QED) is 0.0519. The molecule has 46 heavy (non-hydrogen) atoms. The maximum atomic E-state index is 12.7. The molecular formula is C25H30N10O9S2. The zero-order chi connectivity index (χ0) is 33.4. The number of β-lactam (4-membered cyclic amide) rings is 1. The number of benzene rings is 1. The van der Waals surface area contributed by atoms with Crippen molar-refractivity contribution in [2.24, 2.45) is 15.9 Å². The van der Waals surface area contributed by atoms with Gasteiger partial charge in [-0.1, -0.05) is 5.16 Å².